The van der Waals surface area contributed by atoms with Gasteiger partial charge in [-0.25, -0.2) is 9.37 Å². The monoisotopic (exact) mass is 381 g/mol. The van der Waals surface area contributed by atoms with E-state index < -0.39 is 0 Å². The fourth-order valence-corrected chi connectivity index (χ4v) is 2.77. The molecule has 0 saturated carbocycles. The molecule has 0 saturated heterocycles. The number of imidazole rings is 1. The van der Waals surface area contributed by atoms with Gasteiger partial charge in [0.05, 0.1) is 20.3 Å². The van der Waals surface area contributed by atoms with Gasteiger partial charge >= 0.3 is 0 Å². The third-order valence-corrected chi connectivity index (χ3v) is 4.37. The predicted molar refractivity (Wildman–Crippen MR) is 87.6 cm³/mol. The fraction of sp³-hybridized carbons (Fsp3) is 0.133. The standard InChI is InChI=1S/C15H13FIN3/c1-8-4-3-5-13(9(8)2)20-14-6-10(16)11(17)7-12(14)19-15(20)18/h3-7H,1-2H3,(H2,18,19). The Hall–Kier alpha value is -1.63. The molecule has 0 aliphatic rings. The molecule has 2 aromatic carbocycles. The summed E-state index contributed by atoms with van der Waals surface area (Å²) in [5.74, 6) is 0.111. The first-order chi connectivity index (χ1) is 9.49. The van der Waals surface area contributed by atoms with E-state index in [0.717, 1.165) is 16.8 Å². The molecular weight excluding hydrogens is 368 g/mol. The van der Waals surface area contributed by atoms with Gasteiger partial charge in [0, 0.05) is 6.07 Å². The summed E-state index contributed by atoms with van der Waals surface area (Å²) in [6.07, 6.45) is 0. The van der Waals surface area contributed by atoms with Crippen LogP contribution >= 0.6 is 22.6 Å². The van der Waals surface area contributed by atoms with E-state index in [2.05, 4.69) is 4.98 Å². The molecule has 0 unspecified atom stereocenters. The Morgan fingerprint density at radius 3 is 2.75 bits per heavy atom. The van der Waals surface area contributed by atoms with Crippen LogP contribution in [-0.2, 0) is 0 Å². The summed E-state index contributed by atoms with van der Waals surface area (Å²) in [6, 6.07) is 9.17. The molecule has 2 N–H and O–H groups in total. The number of fused-ring (bicyclic) bond motifs is 1. The third kappa shape index (κ3) is 1.96. The second kappa shape index (κ2) is 4.73. The average molecular weight is 381 g/mol. The van der Waals surface area contributed by atoms with Crippen LogP contribution < -0.4 is 5.73 Å². The molecule has 0 fully saturated rings. The minimum atomic E-state index is -0.260. The predicted octanol–water partition coefficient (Wildman–Crippen LogP) is 3.97. The summed E-state index contributed by atoms with van der Waals surface area (Å²) in [5.41, 5.74) is 10.6. The van der Waals surface area contributed by atoms with Gasteiger partial charge < -0.3 is 5.73 Å². The number of nitrogens with zero attached hydrogens (tertiary/aromatic N) is 2. The molecule has 0 amide bonds. The summed E-state index contributed by atoms with van der Waals surface area (Å²) < 4.78 is 16.2. The minimum Gasteiger partial charge on any atom is -0.369 e. The lowest BCUT2D eigenvalue weighted by atomic mass is 10.1. The van der Waals surface area contributed by atoms with E-state index >= 15 is 0 Å². The zero-order valence-electron chi connectivity index (χ0n) is 11.1. The molecule has 0 spiro atoms. The molecule has 1 aromatic heterocycles. The van der Waals surface area contributed by atoms with Crippen molar-refractivity contribution in [1.82, 2.24) is 9.55 Å². The van der Waals surface area contributed by atoms with Crippen molar-refractivity contribution in [2.24, 2.45) is 0 Å². The molecule has 3 rings (SSSR count). The third-order valence-electron chi connectivity index (χ3n) is 3.54. The van der Waals surface area contributed by atoms with Crippen LogP contribution in [0.5, 0.6) is 0 Å². The van der Waals surface area contributed by atoms with Gasteiger partial charge in [-0.15, -0.1) is 0 Å². The van der Waals surface area contributed by atoms with Gasteiger partial charge in [-0.1, -0.05) is 12.1 Å². The van der Waals surface area contributed by atoms with Crippen LogP contribution in [0.25, 0.3) is 16.7 Å². The minimum absolute atomic E-state index is 0.260. The highest BCUT2D eigenvalue weighted by molar-refractivity contribution is 14.1. The van der Waals surface area contributed by atoms with E-state index in [0.29, 0.717) is 20.6 Å². The molecule has 1 heterocycles. The topological polar surface area (TPSA) is 43.8 Å². The number of halogens is 2. The molecule has 3 aromatic rings. The largest absolute Gasteiger partial charge is 0.369 e. The molecule has 20 heavy (non-hydrogen) atoms. The summed E-state index contributed by atoms with van der Waals surface area (Å²) in [5, 5.41) is 0. The maximum absolute atomic E-state index is 13.8. The highest BCUT2D eigenvalue weighted by Crippen LogP contribution is 2.28. The lowest BCUT2D eigenvalue weighted by molar-refractivity contribution is 0.622. The lowest BCUT2D eigenvalue weighted by Crippen LogP contribution is -2.03. The first kappa shape index (κ1) is 13.4. The van der Waals surface area contributed by atoms with Crippen LogP contribution in [0.2, 0.25) is 0 Å². The number of benzene rings is 2. The molecule has 3 nitrogen and oxygen atoms in total. The number of hydrogen-bond donors (Lipinski definition) is 1. The highest BCUT2D eigenvalue weighted by Gasteiger charge is 2.14. The van der Waals surface area contributed by atoms with Crippen molar-refractivity contribution in [2.75, 3.05) is 5.73 Å². The number of aromatic nitrogens is 2. The fourth-order valence-electron chi connectivity index (χ4n) is 2.32. The van der Waals surface area contributed by atoms with Crippen molar-refractivity contribution in [3.8, 4) is 5.69 Å². The Morgan fingerprint density at radius 2 is 2.00 bits per heavy atom. The van der Waals surface area contributed by atoms with Gasteiger partial charge in [0.1, 0.15) is 5.82 Å². The van der Waals surface area contributed by atoms with Crippen molar-refractivity contribution >= 4 is 39.6 Å². The molecule has 102 valence electrons. The number of nitrogen functional groups attached to an aromatic ring is 1. The summed E-state index contributed by atoms with van der Waals surface area (Å²) in [6.45, 7) is 4.07. The zero-order chi connectivity index (χ0) is 14.4. The molecule has 5 heteroatoms. The SMILES string of the molecule is Cc1cccc(-n2c(N)nc3cc(I)c(F)cc32)c1C. The average Bonchev–Trinajstić information content (AvgIpc) is 2.69. The number of aryl methyl sites for hydroxylation is 1. The van der Waals surface area contributed by atoms with Crippen LogP contribution in [0.4, 0.5) is 10.3 Å². The van der Waals surface area contributed by atoms with Crippen LogP contribution in [0.1, 0.15) is 11.1 Å². The molecule has 0 aliphatic carbocycles. The molecule has 0 atom stereocenters. The van der Waals surface area contributed by atoms with Gasteiger partial charge in [-0.3, -0.25) is 4.57 Å². The Bertz CT molecular complexity index is 824. The molecular formula is C15H13FIN3. The van der Waals surface area contributed by atoms with E-state index in [1.54, 1.807) is 10.6 Å². The summed E-state index contributed by atoms with van der Waals surface area (Å²) in [7, 11) is 0. The van der Waals surface area contributed by atoms with E-state index in [9.17, 15) is 4.39 Å². The smallest absolute Gasteiger partial charge is 0.205 e. The van der Waals surface area contributed by atoms with E-state index in [1.165, 1.54) is 6.07 Å². The van der Waals surface area contributed by atoms with Crippen LogP contribution in [0, 0.1) is 23.2 Å². The van der Waals surface area contributed by atoms with Crippen molar-refractivity contribution in [3.05, 3.63) is 50.8 Å². The van der Waals surface area contributed by atoms with E-state index in [4.69, 9.17) is 5.73 Å². The van der Waals surface area contributed by atoms with E-state index in [1.807, 2.05) is 54.6 Å². The first-order valence-electron chi connectivity index (χ1n) is 6.18. The van der Waals surface area contributed by atoms with Crippen molar-refractivity contribution < 1.29 is 4.39 Å². The highest BCUT2D eigenvalue weighted by atomic mass is 127. The summed E-state index contributed by atoms with van der Waals surface area (Å²) >= 11 is 1.96. The maximum Gasteiger partial charge on any atom is 0.205 e. The van der Waals surface area contributed by atoms with Gasteiger partial charge in [-0.05, 0) is 59.7 Å². The van der Waals surface area contributed by atoms with Crippen molar-refractivity contribution in [2.45, 2.75) is 13.8 Å². The normalized spacial score (nSPS) is 11.2. The lowest BCUT2D eigenvalue weighted by Gasteiger charge is -2.12. The maximum atomic E-state index is 13.8. The molecule has 0 bridgehead atoms. The number of anilines is 1. The first-order valence-corrected chi connectivity index (χ1v) is 7.26. The zero-order valence-corrected chi connectivity index (χ0v) is 13.3. The number of hydrogen-bond acceptors (Lipinski definition) is 2. The van der Waals surface area contributed by atoms with Crippen LogP contribution in [-0.4, -0.2) is 9.55 Å². The second-order valence-electron chi connectivity index (χ2n) is 4.78. The number of nitrogens with two attached hydrogens (primary N) is 1. The molecule has 0 radical (unpaired) electrons. The van der Waals surface area contributed by atoms with Crippen LogP contribution in [0.3, 0.4) is 0 Å². The summed E-state index contributed by atoms with van der Waals surface area (Å²) in [4.78, 5) is 4.33. The Balaban J connectivity index is 2.39. The number of rotatable bonds is 1. The van der Waals surface area contributed by atoms with Gasteiger partial charge in [-0.2, -0.15) is 0 Å². The quantitative estimate of drug-likeness (QED) is 0.649. The van der Waals surface area contributed by atoms with Crippen molar-refractivity contribution in [3.63, 3.8) is 0 Å². The second-order valence-corrected chi connectivity index (χ2v) is 5.94. The Morgan fingerprint density at radius 1 is 1.25 bits per heavy atom. The Labute approximate surface area is 129 Å². The molecule has 0 aliphatic heterocycles. The van der Waals surface area contributed by atoms with Gasteiger partial charge in [0.2, 0.25) is 5.95 Å². The van der Waals surface area contributed by atoms with Crippen LogP contribution in [0.15, 0.2) is 30.3 Å². The Kier molecular flexibility index (Phi) is 3.16. The van der Waals surface area contributed by atoms with Gasteiger partial charge in [0.25, 0.3) is 0 Å². The van der Waals surface area contributed by atoms with Crippen molar-refractivity contribution in [1.29, 1.82) is 0 Å². The van der Waals surface area contributed by atoms with E-state index in [-0.39, 0.29) is 5.82 Å². The van der Waals surface area contributed by atoms with Gasteiger partial charge in [0.15, 0.2) is 0 Å².